The number of hydrogen-bond acceptors (Lipinski definition) is 1. The molecule has 2 unspecified atom stereocenters. The summed E-state index contributed by atoms with van der Waals surface area (Å²) in [6, 6.07) is 0.719. The Labute approximate surface area is 124 Å². The van der Waals surface area contributed by atoms with Gasteiger partial charge in [-0.15, -0.1) is 0 Å². The molecule has 4 bridgehead atoms. The number of fused-ring (bicyclic) bond motifs is 4. The molecule has 1 aliphatic heterocycles. The van der Waals surface area contributed by atoms with Crippen molar-refractivity contribution in [1.29, 1.82) is 0 Å². The Morgan fingerprint density at radius 3 is 2.83 bits per heavy atom. The minimum Gasteiger partial charge on any atom is -0.311 e. The first-order valence-corrected chi connectivity index (χ1v) is 7.94. The van der Waals surface area contributed by atoms with Crippen LogP contribution in [0.4, 0.5) is 0 Å². The van der Waals surface area contributed by atoms with Gasteiger partial charge in [-0.25, -0.2) is 0 Å². The van der Waals surface area contributed by atoms with Crippen LogP contribution in [0.5, 0.6) is 0 Å². The van der Waals surface area contributed by atoms with Gasteiger partial charge in [-0.2, -0.15) is 0 Å². The molecule has 0 radical (unpaired) electrons. The maximum atomic E-state index is 2.53. The van der Waals surface area contributed by atoms with Gasteiger partial charge < -0.3 is 3.11 Å². The molecule has 2 atom stereocenters. The second-order valence-electron chi connectivity index (χ2n) is 5.61. The summed E-state index contributed by atoms with van der Waals surface area (Å²) < 4.78 is 2.50. The Bertz CT molecular complexity index is 456. The van der Waals surface area contributed by atoms with Crippen molar-refractivity contribution in [3.63, 3.8) is 0 Å². The molecular weight excluding hydrogens is 333 g/mol. The maximum absolute atomic E-state index is 2.53. The zero-order chi connectivity index (χ0) is 12.5. The fourth-order valence-electron chi connectivity index (χ4n) is 3.30. The van der Waals surface area contributed by atoms with E-state index in [1.54, 1.807) is 5.57 Å². The molecule has 0 spiro atoms. The fourth-order valence-corrected chi connectivity index (χ4v) is 4.32. The van der Waals surface area contributed by atoms with Crippen molar-refractivity contribution in [3.8, 4) is 0 Å². The highest BCUT2D eigenvalue weighted by molar-refractivity contribution is 14.1. The van der Waals surface area contributed by atoms with E-state index in [2.05, 4.69) is 63.3 Å². The van der Waals surface area contributed by atoms with Gasteiger partial charge in [0, 0.05) is 11.7 Å². The predicted octanol–water partition coefficient (Wildman–Crippen LogP) is 4.93. The third-order valence-corrected chi connectivity index (χ3v) is 5.68. The summed E-state index contributed by atoms with van der Waals surface area (Å²) in [6.07, 6.45) is 18.2. The van der Waals surface area contributed by atoms with Gasteiger partial charge in [0.15, 0.2) is 0 Å². The van der Waals surface area contributed by atoms with E-state index in [-0.39, 0.29) is 0 Å². The first-order valence-electron chi connectivity index (χ1n) is 6.98. The minimum absolute atomic E-state index is 0.719. The molecule has 0 aromatic carbocycles. The van der Waals surface area contributed by atoms with Gasteiger partial charge in [-0.05, 0) is 49.3 Å². The van der Waals surface area contributed by atoms with Crippen LogP contribution in [-0.2, 0) is 0 Å². The largest absolute Gasteiger partial charge is 0.311 e. The molecule has 96 valence electrons. The summed E-state index contributed by atoms with van der Waals surface area (Å²) in [4.78, 5) is 0. The van der Waals surface area contributed by atoms with Crippen LogP contribution < -0.4 is 0 Å². The molecule has 3 rings (SSSR count). The second-order valence-corrected chi connectivity index (χ2v) is 6.65. The predicted molar refractivity (Wildman–Crippen MR) is 85.3 cm³/mol. The summed E-state index contributed by atoms with van der Waals surface area (Å²) in [5, 5.41) is 0. The molecule has 0 aromatic rings. The lowest BCUT2D eigenvalue weighted by Crippen LogP contribution is -2.25. The number of halogens is 1. The lowest BCUT2D eigenvalue weighted by molar-refractivity contribution is 0.384. The average molecular weight is 353 g/mol. The minimum atomic E-state index is 0.719. The van der Waals surface area contributed by atoms with E-state index in [0.29, 0.717) is 0 Å². The maximum Gasteiger partial charge on any atom is 0.0594 e. The molecule has 0 saturated heterocycles. The summed E-state index contributed by atoms with van der Waals surface area (Å²) in [5.41, 5.74) is 4.35. The van der Waals surface area contributed by atoms with Crippen LogP contribution in [0.2, 0.25) is 0 Å². The highest BCUT2D eigenvalue weighted by Gasteiger charge is 2.30. The number of allylic oxidation sites excluding steroid dienone is 7. The van der Waals surface area contributed by atoms with E-state index in [0.717, 1.165) is 12.0 Å². The molecule has 0 aromatic heterocycles. The molecule has 1 heterocycles. The van der Waals surface area contributed by atoms with Gasteiger partial charge in [0.2, 0.25) is 0 Å². The van der Waals surface area contributed by atoms with E-state index >= 15 is 0 Å². The van der Waals surface area contributed by atoms with Crippen LogP contribution in [0.3, 0.4) is 0 Å². The van der Waals surface area contributed by atoms with Gasteiger partial charge in [-0.3, -0.25) is 0 Å². The van der Waals surface area contributed by atoms with E-state index in [1.807, 2.05) is 0 Å². The monoisotopic (exact) mass is 353 g/mol. The van der Waals surface area contributed by atoms with Crippen molar-refractivity contribution in [2.45, 2.75) is 45.1 Å². The Morgan fingerprint density at radius 1 is 1.17 bits per heavy atom. The van der Waals surface area contributed by atoms with Gasteiger partial charge in [0.1, 0.15) is 0 Å². The highest BCUT2D eigenvalue weighted by atomic mass is 127. The van der Waals surface area contributed by atoms with Gasteiger partial charge in [0.05, 0.1) is 22.9 Å². The van der Waals surface area contributed by atoms with Crippen molar-refractivity contribution in [2.24, 2.45) is 5.92 Å². The molecule has 18 heavy (non-hydrogen) atoms. The SMILES string of the molecule is CC1=C2C=C(\C=C/C=C\1)C1CCCCC(C1)N\2I. The highest BCUT2D eigenvalue weighted by Crippen LogP contribution is 2.40. The van der Waals surface area contributed by atoms with E-state index < -0.39 is 0 Å². The first-order chi connectivity index (χ1) is 8.75. The number of nitrogens with zero attached hydrogens (tertiary/aromatic N) is 1. The van der Waals surface area contributed by atoms with E-state index in [1.165, 1.54) is 43.4 Å². The third-order valence-electron chi connectivity index (χ3n) is 4.37. The molecule has 1 fully saturated rings. The van der Waals surface area contributed by atoms with Crippen molar-refractivity contribution in [2.75, 3.05) is 0 Å². The zero-order valence-electron chi connectivity index (χ0n) is 10.9. The van der Waals surface area contributed by atoms with E-state index in [4.69, 9.17) is 0 Å². The quantitative estimate of drug-likeness (QED) is 0.441. The first kappa shape index (κ1) is 12.5. The van der Waals surface area contributed by atoms with Crippen LogP contribution in [0, 0.1) is 5.92 Å². The van der Waals surface area contributed by atoms with Gasteiger partial charge in [-0.1, -0.05) is 37.1 Å². The Morgan fingerprint density at radius 2 is 1.94 bits per heavy atom. The normalized spacial score (nSPS) is 39.0. The van der Waals surface area contributed by atoms with Gasteiger partial charge >= 0.3 is 0 Å². The molecule has 1 saturated carbocycles. The van der Waals surface area contributed by atoms with Gasteiger partial charge in [0.25, 0.3) is 0 Å². The molecule has 3 aliphatic rings. The van der Waals surface area contributed by atoms with Crippen molar-refractivity contribution < 1.29 is 0 Å². The van der Waals surface area contributed by atoms with Crippen molar-refractivity contribution >= 4 is 22.9 Å². The molecular formula is C16H20IN. The number of rotatable bonds is 0. The summed E-state index contributed by atoms with van der Waals surface area (Å²) in [7, 11) is 0. The lowest BCUT2D eigenvalue weighted by Gasteiger charge is -2.27. The van der Waals surface area contributed by atoms with Crippen molar-refractivity contribution in [3.05, 3.63) is 47.2 Å². The van der Waals surface area contributed by atoms with Crippen LogP contribution >= 0.6 is 22.9 Å². The Balaban J connectivity index is 2.10. The smallest absolute Gasteiger partial charge is 0.0594 e. The molecule has 0 amide bonds. The third kappa shape index (κ3) is 2.31. The summed E-state index contributed by atoms with van der Waals surface area (Å²) >= 11 is 2.53. The number of hydrogen-bond donors (Lipinski definition) is 0. The fraction of sp³-hybridized carbons (Fsp3) is 0.500. The van der Waals surface area contributed by atoms with Crippen LogP contribution in [0.1, 0.15) is 39.0 Å². The molecule has 1 nitrogen and oxygen atoms in total. The topological polar surface area (TPSA) is 3.24 Å². The zero-order valence-corrected chi connectivity index (χ0v) is 13.1. The lowest BCUT2D eigenvalue weighted by atomic mass is 9.90. The Hall–Kier alpha value is -0.510. The second kappa shape index (κ2) is 5.24. The summed E-state index contributed by atoms with van der Waals surface area (Å²) in [5.74, 6) is 0.766. The standard InChI is InChI=1S/C16H20IN/c1-12-6-2-3-8-14-11-16(12)18(17)15-9-5-4-7-13(14)10-15/h2-3,6,8,11,13,15H,4-5,7,9-10H2,1H3/b3-2?,6-2-,8-3-,12-6?,14-8?,16-12-. The van der Waals surface area contributed by atoms with Crippen LogP contribution in [0.25, 0.3) is 0 Å². The molecule has 0 N–H and O–H groups in total. The average Bonchev–Trinajstić information content (AvgIpc) is 2.66. The van der Waals surface area contributed by atoms with Crippen LogP contribution in [-0.4, -0.2) is 9.16 Å². The molecule has 2 heteroatoms. The van der Waals surface area contributed by atoms with Crippen LogP contribution in [0.15, 0.2) is 47.2 Å². The summed E-state index contributed by atoms with van der Waals surface area (Å²) in [6.45, 7) is 2.23. The van der Waals surface area contributed by atoms with Crippen molar-refractivity contribution in [1.82, 2.24) is 3.11 Å². The Kier molecular flexibility index (Phi) is 3.64. The van der Waals surface area contributed by atoms with E-state index in [9.17, 15) is 0 Å². The molecule has 2 aliphatic carbocycles.